The maximum atomic E-state index is 12.9. The minimum absolute atomic E-state index is 0.0649. The molecule has 0 aliphatic carbocycles. The Balaban J connectivity index is 1.40. The van der Waals surface area contributed by atoms with Crippen molar-refractivity contribution in [3.05, 3.63) is 70.0 Å². The molecule has 152 valence electrons. The summed E-state index contributed by atoms with van der Waals surface area (Å²) in [7, 11) is -3.70. The van der Waals surface area contributed by atoms with Gasteiger partial charge in [-0.1, -0.05) is 46.6 Å². The molecule has 1 aliphatic rings. The van der Waals surface area contributed by atoms with Gasteiger partial charge in [-0.15, -0.1) is 5.10 Å². The average Bonchev–Trinajstić information content (AvgIpc) is 3.11. The zero-order valence-corrected chi connectivity index (χ0v) is 17.8. The summed E-state index contributed by atoms with van der Waals surface area (Å²) in [6, 6.07) is 12.3. The molecule has 2 aromatic carbocycles. The number of halogens is 2. The van der Waals surface area contributed by atoms with Crippen molar-refractivity contribution in [2.24, 2.45) is 0 Å². The molecule has 0 N–H and O–H groups in total. The predicted octanol–water partition coefficient (Wildman–Crippen LogP) is 3.72. The van der Waals surface area contributed by atoms with Gasteiger partial charge in [0.15, 0.2) is 0 Å². The number of aromatic nitrogens is 3. The Kier molecular flexibility index (Phi) is 5.52. The van der Waals surface area contributed by atoms with Crippen LogP contribution in [0.1, 0.15) is 17.3 Å². The molecular formula is C19H18Cl2N4O3S. The summed E-state index contributed by atoms with van der Waals surface area (Å²) in [4.78, 5) is 0.0649. The Morgan fingerprint density at radius 2 is 1.86 bits per heavy atom. The van der Waals surface area contributed by atoms with Crippen LogP contribution in [-0.4, -0.2) is 40.8 Å². The molecule has 1 aromatic heterocycles. The molecule has 1 aliphatic heterocycles. The van der Waals surface area contributed by atoms with Gasteiger partial charge in [0.2, 0.25) is 10.0 Å². The molecule has 0 atom stereocenters. The fourth-order valence-corrected chi connectivity index (χ4v) is 5.30. The molecule has 0 radical (unpaired) electrons. The fraction of sp³-hybridized carbons (Fsp3) is 0.263. The molecule has 0 unspecified atom stereocenters. The molecule has 0 saturated carbocycles. The first-order chi connectivity index (χ1) is 13.8. The SMILES string of the molecule is Cc1cc(S(=O)(=O)N2CC(n3cc(COc4ccccc4)nn3)C2)c(Cl)cc1Cl. The van der Waals surface area contributed by atoms with Crippen LogP contribution >= 0.6 is 23.2 Å². The van der Waals surface area contributed by atoms with Crippen LogP contribution in [0, 0.1) is 6.92 Å². The van der Waals surface area contributed by atoms with E-state index in [1.165, 1.54) is 16.4 Å². The van der Waals surface area contributed by atoms with Crippen LogP contribution in [0.25, 0.3) is 0 Å². The Morgan fingerprint density at radius 3 is 2.59 bits per heavy atom. The number of sulfonamides is 1. The summed E-state index contributed by atoms with van der Waals surface area (Å²) in [5, 5.41) is 8.75. The van der Waals surface area contributed by atoms with Crippen molar-refractivity contribution in [3.8, 4) is 5.75 Å². The number of rotatable bonds is 6. The maximum absolute atomic E-state index is 12.9. The number of nitrogens with zero attached hydrogens (tertiary/aromatic N) is 4. The van der Waals surface area contributed by atoms with E-state index < -0.39 is 10.0 Å². The van der Waals surface area contributed by atoms with E-state index in [4.69, 9.17) is 27.9 Å². The van der Waals surface area contributed by atoms with Gasteiger partial charge in [0.25, 0.3) is 0 Å². The summed E-state index contributed by atoms with van der Waals surface area (Å²) in [6.45, 7) is 2.62. The Morgan fingerprint density at radius 1 is 1.14 bits per heavy atom. The quantitative estimate of drug-likeness (QED) is 0.569. The number of benzene rings is 2. The van der Waals surface area contributed by atoms with E-state index in [0.717, 1.165) is 5.75 Å². The molecular weight excluding hydrogens is 435 g/mol. The standard InChI is InChI=1S/C19H18Cl2N4O3S/c1-13-7-19(18(21)8-17(13)20)29(26,27)24-10-15(11-24)25-9-14(22-23-25)12-28-16-5-3-2-4-6-16/h2-9,15H,10-12H2,1H3. The van der Waals surface area contributed by atoms with Gasteiger partial charge in [0.1, 0.15) is 22.9 Å². The van der Waals surface area contributed by atoms with Gasteiger partial charge in [-0.25, -0.2) is 13.1 Å². The second kappa shape index (κ2) is 7.95. The molecule has 1 fully saturated rings. The monoisotopic (exact) mass is 452 g/mol. The largest absolute Gasteiger partial charge is 0.487 e. The van der Waals surface area contributed by atoms with E-state index in [2.05, 4.69) is 10.3 Å². The minimum Gasteiger partial charge on any atom is -0.487 e. The molecule has 0 bridgehead atoms. The molecule has 29 heavy (non-hydrogen) atoms. The number of aryl methyl sites for hydroxylation is 1. The first-order valence-corrected chi connectivity index (χ1v) is 11.1. The lowest BCUT2D eigenvalue weighted by Gasteiger charge is -2.37. The topological polar surface area (TPSA) is 77.3 Å². The molecule has 0 amide bonds. The van der Waals surface area contributed by atoms with Crippen LogP contribution in [0.3, 0.4) is 0 Å². The van der Waals surface area contributed by atoms with Gasteiger partial charge < -0.3 is 4.74 Å². The number of ether oxygens (including phenoxy) is 1. The van der Waals surface area contributed by atoms with E-state index in [1.807, 2.05) is 30.3 Å². The highest BCUT2D eigenvalue weighted by Crippen LogP contribution is 2.34. The van der Waals surface area contributed by atoms with E-state index >= 15 is 0 Å². The van der Waals surface area contributed by atoms with Crippen LogP contribution in [0.2, 0.25) is 10.0 Å². The van der Waals surface area contributed by atoms with Crippen molar-refractivity contribution in [2.75, 3.05) is 13.1 Å². The second-order valence-corrected chi connectivity index (χ2v) is 9.52. The zero-order chi connectivity index (χ0) is 20.6. The third-order valence-corrected chi connectivity index (χ3v) is 7.43. The van der Waals surface area contributed by atoms with Crippen molar-refractivity contribution in [1.82, 2.24) is 19.3 Å². The highest BCUT2D eigenvalue weighted by Gasteiger charge is 2.39. The van der Waals surface area contributed by atoms with Crippen molar-refractivity contribution in [2.45, 2.75) is 24.5 Å². The summed E-state index contributed by atoms with van der Waals surface area (Å²) in [5.41, 5.74) is 1.33. The number of hydrogen-bond donors (Lipinski definition) is 0. The molecule has 10 heteroatoms. The summed E-state index contributed by atoms with van der Waals surface area (Å²) < 4.78 is 34.4. The van der Waals surface area contributed by atoms with Gasteiger partial charge in [-0.3, -0.25) is 0 Å². The first kappa shape index (κ1) is 20.2. The Labute approximate surface area is 178 Å². The highest BCUT2D eigenvalue weighted by molar-refractivity contribution is 7.89. The fourth-order valence-electron chi connectivity index (χ4n) is 2.98. The van der Waals surface area contributed by atoms with Crippen molar-refractivity contribution < 1.29 is 13.2 Å². The third kappa shape index (κ3) is 4.11. The van der Waals surface area contributed by atoms with Crippen LogP contribution in [0.4, 0.5) is 0 Å². The molecule has 3 aromatic rings. The lowest BCUT2D eigenvalue weighted by atomic mass is 10.2. The van der Waals surface area contributed by atoms with E-state index in [-0.39, 0.29) is 16.0 Å². The maximum Gasteiger partial charge on any atom is 0.244 e. The normalized spacial score (nSPS) is 15.3. The third-order valence-electron chi connectivity index (χ3n) is 4.72. The molecule has 4 rings (SSSR count). The number of hydrogen-bond acceptors (Lipinski definition) is 5. The minimum atomic E-state index is -3.70. The molecule has 2 heterocycles. The second-order valence-electron chi connectivity index (χ2n) is 6.80. The van der Waals surface area contributed by atoms with Crippen molar-refractivity contribution >= 4 is 33.2 Å². The summed E-state index contributed by atoms with van der Waals surface area (Å²) in [5.74, 6) is 0.748. The van der Waals surface area contributed by atoms with Gasteiger partial charge in [0, 0.05) is 18.1 Å². The first-order valence-electron chi connectivity index (χ1n) is 8.89. The Hall–Kier alpha value is -2.13. The highest BCUT2D eigenvalue weighted by atomic mass is 35.5. The summed E-state index contributed by atoms with van der Waals surface area (Å²) in [6.07, 6.45) is 1.77. The van der Waals surface area contributed by atoms with Crippen LogP contribution in [0.15, 0.2) is 53.6 Å². The van der Waals surface area contributed by atoms with Crippen LogP contribution in [-0.2, 0) is 16.6 Å². The summed E-state index contributed by atoms with van der Waals surface area (Å²) >= 11 is 12.1. The average molecular weight is 453 g/mol. The predicted molar refractivity (Wildman–Crippen MR) is 110 cm³/mol. The lowest BCUT2D eigenvalue weighted by molar-refractivity contribution is 0.189. The van der Waals surface area contributed by atoms with Crippen molar-refractivity contribution in [3.63, 3.8) is 0 Å². The van der Waals surface area contributed by atoms with Crippen molar-refractivity contribution in [1.29, 1.82) is 0 Å². The smallest absolute Gasteiger partial charge is 0.244 e. The van der Waals surface area contributed by atoms with E-state index in [9.17, 15) is 8.42 Å². The number of para-hydroxylation sites is 1. The zero-order valence-electron chi connectivity index (χ0n) is 15.5. The van der Waals surface area contributed by atoms with Crippen LogP contribution in [0.5, 0.6) is 5.75 Å². The van der Waals surface area contributed by atoms with Crippen LogP contribution < -0.4 is 4.74 Å². The lowest BCUT2D eigenvalue weighted by Crippen LogP contribution is -2.50. The van der Waals surface area contributed by atoms with Gasteiger partial charge in [-0.05, 0) is 36.8 Å². The Bertz CT molecular complexity index is 1130. The van der Waals surface area contributed by atoms with Gasteiger partial charge in [-0.2, -0.15) is 4.31 Å². The van der Waals surface area contributed by atoms with Gasteiger partial charge in [0.05, 0.1) is 17.3 Å². The molecule has 1 saturated heterocycles. The van der Waals surface area contributed by atoms with E-state index in [0.29, 0.717) is 36.0 Å². The van der Waals surface area contributed by atoms with E-state index in [1.54, 1.807) is 17.8 Å². The molecule has 0 spiro atoms. The van der Waals surface area contributed by atoms with Gasteiger partial charge >= 0.3 is 0 Å². The molecule has 7 nitrogen and oxygen atoms in total.